The summed E-state index contributed by atoms with van der Waals surface area (Å²) in [6.07, 6.45) is 9.00. The molecule has 2 unspecified atom stereocenters. The molecule has 12 heavy (non-hydrogen) atoms. The zero-order valence-corrected chi connectivity index (χ0v) is 7.12. The molecular weight excluding hydrogens is 152 g/mol. The molecule has 0 aromatic carbocycles. The Bertz CT molecular complexity index is 232. The van der Waals surface area contributed by atoms with E-state index in [0.29, 0.717) is 5.92 Å². The summed E-state index contributed by atoms with van der Waals surface area (Å²) in [5, 5.41) is 9.17. The van der Waals surface area contributed by atoms with Crippen LogP contribution in [-0.2, 0) is 4.79 Å². The third kappa shape index (κ3) is 0.904. The zero-order chi connectivity index (χ0) is 8.60. The van der Waals surface area contributed by atoms with Crippen LogP contribution >= 0.6 is 0 Å². The highest BCUT2D eigenvalue weighted by Crippen LogP contribution is 2.50. The number of carbonyl (C=O) groups is 1. The average Bonchev–Trinajstić information content (AvgIpc) is 2.48. The second-order valence-electron chi connectivity index (χ2n) is 3.96. The number of aliphatic carboxylic acids is 1. The van der Waals surface area contributed by atoms with Crippen molar-refractivity contribution in [3.05, 3.63) is 12.2 Å². The second kappa shape index (κ2) is 2.61. The summed E-state index contributed by atoms with van der Waals surface area (Å²) in [4.78, 5) is 11.1. The number of carboxylic acids is 1. The van der Waals surface area contributed by atoms with Gasteiger partial charge in [0.25, 0.3) is 0 Å². The molecule has 1 saturated carbocycles. The molecule has 0 heterocycles. The van der Waals surface area contributed by atoms with Crippen LogP contribution in [0.15, 0.2) is 12.2 Å². The Labute approximate surface area is 72.3 Å². The average molecular weight is 166 g/mol. The lowest BCUT2D eigenvalue weighted by atomic mass is 9.71. The molecule has 2 atom stereocenters. The van der Waals surface area contributed by atoms with E-state index in [9.17, 15) is 4.79 Å². The van der Waals surface area contributed by atoms with Gasteiger partial charge < -0.3 is 5.11 Å². The van der Waals surface area contributed by atoms with Crippen molar-refractivity contribution in [2.24, 2.45) is 11.3 Å². The molecule has 2 nitrogen and oxygen atoms in total. The van der Waals surface area contributed by atoms with Gasteiger partial charge >= 0.3 is 5.97 Å². The molecule has 1 N–H and O–H groups in total. The highest BCUT2D eigenvalue weighted by atomic mass is 16.4. The van der Waals surface area contributed by atoms with Gasteiger partial charge in [-0.05, 0) is 31.6 Å². The van der Waals surface area contributed by atoms with Crippen LogP contribution in [0.25, 0.3) is 0 Å². The van der Waals surface area contributed by atoms with Crippen LogP contribution in [0.2, 0.25) is 0 Å². The first-order valence-electron chi connectivity index (χ1n) is 4.64. The van der Waals surface area contributed by atoms with E-state index in [2.05, 4.69) is 6.08 Å². The number of hydrogen-bond acceptors (Lipinski definition) is 1. The first-order valence-corrected chi connectivity index (χ1v) is 4.64. The van der Waals surface area contributed by atoms with E-state index in [0.717, 1.165) is 32.1 Å². The standard InChI is InChI=1S/C10H14O2/c11-9(12)10-6-2-1-4-8(10)5-3-7-10/h1-2,8H,3-7H2,(H,11,12). The largest absolute Gasteiger partial charge is 0.481 e. The van der Waals surface area contributed by atoms with E-state index in [4.69, 9.17) is 5.11 Å². The predicted molar refractivity (Wildman–Crippen MR) is 45.8 cm³/mol. The summed E-state index contributed by atoms with van der Waals surface area (Å²) in [6, 6.07) is 0. The maximum Gasteiger partial charge on any atom is 0.310 e. The fourth-order valence-electron chi connectivity index (χ4n) is 2.68. The van der Waals surface area contributed by atoms with E-state index in [-0.39, 0.29) is 5.41 Å². The van der Waals surface area contributed by atoms with Gasteiger partial charge in [0.1, 0.15) is 0 Å². The molecule has 0 aliphatic heterocycles. The van der Waals surface area contributed by atoms with Gasteiger partial charge in [0, 0.05) is 0 Å². The smallest absolute Gasteiger partial charge is 0.310 e. The fraction of sp³-hybridized carbons (Fsp3) is 0.700. The summed E-state index contributed by atoms with van der Waals surface area (Å²) >= 11 is 0. The number of hydrogen-bond donors (Lipinski definition) is 1. The Morgan fingerprint density at radius 2 is 2.33 bits per heavy atom. The molecule has 0 radical (unpaired) electrons. The SMILES string of the molecule is O=C(O)C12CC=CCC1CCC2. The first kappa shape index (κ1) is 7.84. The monoisotopic (exact) mass is 166 g/mol. The van der Waals surface area contributed by atoms with E-state index in [1.54, 1.807) is 0 Å². The second-order valence-corrected chi connectivity index (χ2v) is 3.96. The van der Waals surface area contributed by atoms with Gasteiger partial charge in [0.05, 0.1) is 5.41 Å². The van der Waals surface area contributed by atoms with E-state index < -0.39 is 5.97 Å². The number of allylic oxidation sites excluding steroid dienone is 2. The van der Waals surface area contributed by atoms with Crippen LogP contribution in [0.3, 0.4) is 0 Å². The topological polar surface area (TPSA) is 37.3 Å². The predicted octanol–water partition coefficient (Wildman–Crippen LogP) is 2.21. The highest BCUT2D eigenvalue weighted by molar-refractivity contribution is 5.76. The van der Waals surface area contributed by atoms with Crippen LogP contribution in [-0.4, -0.2) is 11.1 Å². The van der Waals surface area contributed by atoms with Crippen molar-refractivity contribution in [3.63, 3.8) is 0 Å². The van der Waals surface area contributed by atoms with E-state index in [1.807, 2.05) is 6.08 Å². The Hall–Kier alpha value is -0.790. The van der Waals surface area contributed by atoms with Crippen LogP contribution in [0, 0.1) is 11.3 Å². The van der Waals surface area contributed by atoms with Gasteiger partial charge in [-0.3, -0.25) is 4.79 Å². The number of carboxylic acid groups (broad SMARTS) is 1. The Morgan fingerprint density at radius 3 is 3.00 bits per heavy atom. The van der Waals surface area contributed by atoms with Gasteiger partial charge in [-0.2, -0.15) is 0 Å². The number of fused-ring (bicyclic) bond motifs is 1. The summed E-state index contributed by atoms with van der Waals surface area (Å²) in [7, 11) is 0. The lowest BCUT2D eigenvalue weighted by Gasteiger charge is -2.32. The maximum atomic E-state index is 11.1. The van der Waals surface area contributed by atoms with Crippen molar-refractivity contribution in [1.82, 2.24) is 0 Å². The lowest BCUT2D eigenvalue weighted by Crippen LogP contribution is -2.35. The zero-order valence-electron chi connectivity index (χ0n) is 7.12. The van der Waals surface area contributed by atoms with Gasteiger partial charge in [0.15, 0.2) is 0 Å². The third-order valence-corrected chi connectivity index (χ3v) is 3.45. The lowest BCUT2D eigenvalue weighted by molar-refractivity contribution is -0.151. The van der Waals surface area contributed by atoms with Gasteiger partial charge in [-0.1, -0.05) is 18.6 Å². The summed E-state index contributed by atoms with van der Waals surface area (Å²) in [6.45, 7) is 0. The van der Waals surface area contributed by atoms with Gasteiger partial charge in [-0.15, -0.1) is 0 Å². The maximum absolute atomic E-state index is 11.1. The van der Waals surface area contributed by atoms with Crippen molar-refractivity contribution < 1.29 is 9.90 Å². The van der Waals surface area contributed by atoms with Crippen LogP contribution in [0.4, 0.5) is 0 Å². The minimum Gasteiger partial charge on any atom is -0.481 e. The molecular formula is C10H14O2. The Balaban J connectivity index is 2.30. The molecule has 1 fully saturated rings. The van der Waals surface area contributed by atoms with E-state index in [1.165, 1.54) is 0 Å². The minimum atomic E-state index is -0.575. The molecule has 2 aliphatic carbocycles. The first-order chi connectivity index (χ1) is 5.76. The van der Waals surface area contributed by atoms with Crippen LogP contribution in [0.5, 0.6) is 0 Å². The molecule has 0 spiro atoms. The van der Waals surface area contributed by atoms with Crippen molar-refractivity contribution in [2.75, 3.05) is 0 Å². The molecule has 0 amide bonds. The van der Waals surface area contributed by atoms with Crippen molar-refractivity contribution in [2.45, 2.75) is 32.1 Å². The van der Waals surface area contributed by atoms with Crippen molar-refractivity contribution in [1.29, 1.82) is 0 Å². The molecule has 0 bridgehead atoms. The van der Waals surface area contributed by atoms with E-state index >= 15 is 0 Å². The highest BCUT2D eigenvalue weighted by Gasteiger charge is 2.48. The van der Waals surface area contributed by atoms with Gasteiger partial charge in [0.2, 0.25) is 0 Å². The quantitative estimate of drug-likeness (QED) is 0.606. The van der Waals surface area contributed by atoms with Gasteiger partial charge in [-0.25, -0.2) is 0 Å². The summed E-state index contributed by atoms with van der Waals surface area (Å²) in [5.41, 5.74) is -0.380. The molecule has 2 heteroatoms. The molecule has 0 aromatic rings. The molecule has 66 valence electrons. The third-order valence-electron chi connectivity index (χ3n) is 3.45. The Kier molecular flexibility index (Phi) is 1.71. The molecule has 2 aliphatic rings. The van der Waals surface area contributed by atoms with Crippen LogP contribution < -0.4 is 0 Å². The minimum absolute atomic E-state index is 0.380. The molecule has 2 rings (SSSR count). The molecule has 0 saturated heterocycles. The molecule has 0 aromatic heterocycles. The fourth-order valence-corrected chi connectivity index (χ4v) is 2.68. The Morgan fingerprint density at radius 1 is 1.50 bits per heavy atom. The van der Waals surface area contributed by atoms with Crippen LogP contribution in [0.1, 0.15) is 32.1 Å². The number of rotatable bonds is 1. The normalized spacial score (nSPS) is 39.5. The summed E-state index contributed by atoms with van der Waals surface area (Å²) < 4.78 is 0. The van der Waals surface area contributed by atoms with Crippen molar-refractivity contribution in [3.8, 4) is 0 Å². The van der Waals surface area contributed by atoms with Crippen molar-refractivity contribution >= 4 is 5.97 Å². The summed E-state index contributed by atoms with van der Waals surface area (Å²) in [5.74, 6) is -0.158.